The summed E-state index contributed by atoms with van der Waals surface area (Å²) < 4.78 is 0. The summed E-state index contributed by atoms with van der Waals surface area (Å²) in [5.74, 6) is -0.207. The topological polar surface area (TPSA) is 34.1 Å². The Bertz CT molecular complexity index is 342. The normalized spacial score (nSPS) is 12.1. The predicted octanol–water partition coefficient (Wildman–Crippen LogP) is 2.36. The van der Waals surface area contributed by atoms with Crippen molar-refractivity contribution in [1.82, 2.24) is 0 Å². The van der Waals surface area contributed by atoms with E-state index in [-0.39, 0.29) is 5.92 Å². The summed E-state index contributed by atoms with van der Waals surface area (Å²) >= 11 is 0. The number of rotatable bonds is 4. The Hall–Kier alpha value is -1.44. The van der Waals surface area contributed by atoms with Crippen LogP contribution in [0.1, 0.15) is 41.3 Å². The van der Waals surface area contributed by atoms with Crippen LogP contribution in [0.2, 0.25) is 0 Å². The lowest BCUT2D eigenvalue weighted by Gasteiger charge is -2.09. The van der Waals surface area contributed by atoms with Gasteiger partial charge in [0.25, 0.3) is 0 Å². The van der Waals surface area contributed by atoms with Crippen LogP contribution in [0.4, 0.5) is 0 Å². The number of carbonyl (C=O) groups excluding carboxylic acids is 2. The van der Waals surface area contributed by atoms with Gasteiger partial charge in [-0.3, -0.25) is 4.79 Å². The lowest BCUT2D eigenvalue weighted by Crippen LogP contribution is -2.01. The molecule has 14 heavy (non-hydrogen) atoms. The van der Waals surface area contributed by atoms with E-state index in [1.165, 1.54) is 0 Å². The molecule has 0 fully saturated rings. The zero-order valence-corrected chi connectivity index (χ0v) is 8.49. The molecule has 74 valence electrons. The van der Waals surface area contributed by atoms with Crippen LogP contribution in [0.5, 0.6) is 0 Å². The van der Waals surface area contributed by atoms with Gasteiger partial charge in [0.2, 0.25) is 0 Å². The van der Waals surface area contributed by atoms with E-state index in [1.54, 1.807) is 13.0 Å². The lowest BCUT2D eigenvalue weighted by atomic mass is 9.94. The molecule has 0 aromatic heterocycles. The monoisotopic (exact) mass is 190 g/mol. The average molecular weight is 190 g/mol. The molecule has 0 aliphatic rings. The number of benzene rings is 1. The van der Waals surface area contributed by atoms with Gasteiger partial charge in [0.1, 0.15) is 12.6 Å². The van der Waals surface area contributed by atoms with Gasteiger partial charge in [0.15, 0.2) is 0 Å². The fourth-order valence-corrected chi connectivity index (χ4v) is 1.42. The molecule has 0 N–H and O–H groups in total. The second-order valence-corrected chi connectivity index (χ2v) is 3.36. The molecule has 0 aliphatic heterocycles. The van der Waals surface area contributed by atoms with Crippen molar-refractivity contribution in [2.45, 2.75) is 26.2 Å². The molecule has 1 aromatic carbocycles. The maximum Gasteiger partial charge on any atom is 0.150 e. The van der Waals surface area contributed by atoms with Gasteiger partial charge in [0, 0.05) is 11.5 Å². The molecular formula is C12H14O2. The third-order valence-corrected chi connectivity index (χ3v) is 2.38. The minimum absolute atomic E-state index is 0.207. The van der Waals surface area contributed by atoms with E-state index >= 15 is 0 Å². The Morgan fingerprint density at radius 1 is 1.36 bits per heavy atom. The minimum Gasteiger partial charge on any atom is -0.303 e. The maximum absolute atomic E-state index is 10.7. The van der Waals surface area contributed by atoms with Crippen LogP contribution in [0.15, 0.2) is 18.2 Å². The fourth-order valence-electron chi connectivity index (χ4n) is 1.42. The standard InChI is InChI=1S/C12H14O2/c1-3-10-4-5-11(8-14)12(6-10)9(2)7-13/h4-9H,3H2,1-2H3. The molecule has 0 aliphatic carbocycles. The van der Waals surface area contributed by atoms with Crippen LogP contribution >= 0.6 is 0 Å². The fraction of sp³-hybridized carbons (Fsp3) is 0.333. The largest absolute Gasteiger partial charge is 0.303 e. The first-order valence-electron chi connectivity index (χ1n) is 4.76. The summed E-state index contributed by atoms with van der Waals surface area (Å²) in [6.45, 7) is 3.85. The summed E-state index contributed by atoms with van der Waals surface area (Å²) in [6, 6.07) is 5.63. The van der Waals surface area contributed by atoms with Crippen molar-refractivity contribution in [2.75, 3.05) is 0 Å². The Morgan fingerprint density at radius 2 is 2.07 bits per heavy atom. The van der Waals surface area contributed by atoms with E-state index in [2.05, 4.69) is 0 Å². The van der Waals surface area contributed by atoms with Gasteiger partial charge < -0.3 is 4.79 Å². The first kappa shape index (κ1) is 10.6. The Balaban J connectivity index is 3.20. The molecule has 2 heteroatoms. The van der Waals surface area contributed by atoms with Gasteiger partial charge in [0.05, 0.1) is 0 Å². The van der Waals surface area contributed by atoms with Crippen molar-refractivity contribution in [2.24, 2.45) is 0 Å². The predicted molar refractivity (Wildman–Crippen MR) is 55.7 cm³/mol. The number of hydrogen-bond acceptors (Lipinski definition) is 2. The van der Waals surface area contributed by atoms with E-state index in [1.807, 2.05) is 19.1 Å². The molecule has 0 radical (unpaired) electrons. The second-order valence-electron chi connectivity index (χ2n) is 3.36. The summed E-state index contributed by atoms with van der Waals surface area (Å²) in [7, 11) is 0. The van der Waals surface area contributed by atoms with E-state index in [0.29, 0.717) is 5.56 Å². The zero-order chi connectivity index (χ0) is 10.6. The number of aldehydes is 2. The highest BCUT2D eigenvalue weighted by Crippen LogP contribution is 2.19. The van der Waals surface area contributed by atoms with Gasteiger partial charge in [-0.25, -0.2) is 0 Å². The van der Waals surface area contributed by atoms with Crippen molar-refractivity contribution in [3.63, 3.8) is 0 Å². The van der Waals surface area contributed by atoms with Crippen LogP contribution in [-0.2, 0) is 11.2 Å². The summed E-state index contributed by atoms with van der Waals surface area (Å²) in [4.78, 5) is 21.4. The quantitative estimate of drug-likeness (QED) is 0.683. The molecule has 0 saturated carbocycles. The van der Waals surface area contributed by atoms with Gasteiger partial charge in [-0.15, -0.1) is 0 Å². The molecule has 0 saturated heterocycles. The maximum atomic E-state index is 10.7. The summed E-state index contributed by atoms with van der Waals surface area (Å²) in [5, 5.41) is 0. The molecule has 1 rings (SSSR count). The Kier molecular flexibility index (Phi) is 3.57. The van der Waals surface area contributed by atoms with Crippen molar-refractivity contribution < 1.29 is 9.59 Å². The van der Waals surface area contributed by atoms with E-state index in [9.17, 15) is 9.59 Å². The van der Waals surface area contributed by atoms with Crippen molar-refractivity contribution in [3.8, 4) is 0 Å². The molecule has 1 atom stereocenters. The Labute approximate surface area is 83.9 Å². The first-order valence-corrected chi connectivity index (χ1v) is 4.76. The third-order valence-electron chi connectivity index (χ3n) is 2.38. The molecule has 0 spiro atoms. The number of carbonyl (C=O) groups is 2. The summed E-state index contributed by atoms with van der Waals surface area (Å²) in [6.07, 6.45) is 2.58. The van der Waals surface area contributed by atoms with Crippen molar-refractivity contribution >= 4 is 12.6 Å². The number of aryl methyl sites for hydroxylation is 1. The van der Waals surface area contributed by atoms with Gasteiger partial charge >= 0.3 is 0 Å². The van der Waals surface area contributed by atoms with Crippen molar-refractivity contribution in [3.05, 3.63) is 34.9 Å². The molecule has 1 unspecified atom stereocenters. The smallest absolute Gasteiger partial charge is 0.150 e. The molecule has 0 amide bonds. The highest BCUT2D eigenvalue weighted by atomic mass is 16.1. The Morgan fingerprint density at radius 3 is 2.57 bits per heavy atom. The molecule has 0 heterocycles. The van der Waals surface area contributed by atoms with Gasteiger partial charge in [-0.2, -0.15) is 0 Å². The molecule has 2 nitrogen and oxygen atoms in total. The zero-order valence-electron chi connectivity index (χ0n) is 8.49. The van der Waals surface area contributed by atoms with Gasteiger partial charge in [-0.05, 0) is 17.5 Å². The SMILES string of the molecule is CCc1ccc(C=O)c(C(C)C=O)c1. The highest BCUT2D eigenvalue weighted by Gasteiger charge is 2.09. The third kappa shape index (κ3) is 2.08. The van der Waals surface area contributed by atoms with Crippen LogP contribution < -0.4 is 0 Å². The average Bonchev–Trinajstić information content (AvgIpc) is 2.27. The summed E-state index contributed by atoms with van der Waals surface area (Å²) in [5.41, 5.74) is 2.59. The van der Waals surface area contributed by atoms with Crippen LogP contribution in [0.25, 0.3) is 0 Å². The van der Waals surface area contributed by atoms with E-state index in [4.69, 9.17) is 0 Å². The molecule has 0 bridgehead atoms. The minimum atomic E-state index is -0.207. The van der Waals surface area contributed by atoms with Crippen LogP contribution in [0.3, 0.4) is 0 Å². The van der Waals surface area contributed by atoms with Crippen molar-refractivity contribution in [1.29, 1.82) is 0 Å². The van der Waals surface area contributed by atoms with E-state index in [0.717, 1.165) is 30.1 Å². The lowest BCUT2D eigenvalue weighted by molar-refractivity contribution is -0.108. The second kappa shape index (κ2) is 4.70. The van der Waals surface area contributed by atoms with Gasteiger partial charge in [-0.1, -0.05) is 32.0 Å². The van der Waals surface area contributed by atoms with E-state index < -0.39 is 0 Å². The first-order chi connectivity index (χ1) is 6.72. The van der Waals surface area contributed by atoms with Crippen LogP contribution in [0, 0.1) is 0 Å². The number of hydrogen-bond donors (Lipinski definition) is 0. The highest BCUT2D eigenvalue weighted by molar-refractivity contribution is 5.80. The van der Waals surface area contributed by atoms with Crippen LogP contribution in [-0.4, -0.2) is 12.6 Å². The molecule has 1 aromatic rings. The molecular weight excluding hydrogens is 176 g/mol.